The number of carbonyl (C=O) groups is 2. The minimum Gasteiger partial charge on any atom is -0.494 e. The average Bonchev–Trinajstić information content (AvgIpc) is 3.74. The number of anilines is 1. The van der Waals surface area contributed by atoms with Crippen LogP contribution in [0.15, 0.2) is 77.0 Å². The Bertz CT molecular complexity index is 2960. The molecule has 69 heavy (non-hydrogen) atoms. The first-order valence-corrected chi connectivity index (χ1v) is 25.0. The van der Waals surface area contributed by atoms with Gasteiger partial charge in [-0.05, 0) is 87.4 Å². The van der Waals surface area contributed by atoms with Gasteiger partial charge in [-0.1, -0.05) is 18.2 Å². The van der Waals surface area contributed by atoms with Crippen molar-refractivity contribution in [2.75, 3.05) is 57.4 Å². The van der Waals surface area contributed by atoms with E-state index in [0.717, 1.165) is 83.8 Å². The number of nitrogens with zero attached hydrogens (tertiary/aromatic N) is 3. The Morgan fingerprint density at radius 2 is 1.87 bits per heavy atom. The zero-order valence-electron chi connectivity index (χ0n) is 38.8. The van der Waals surface area contributed by atoms with Crippen molar-refractivity contribution in [3.05, 3.63) is 132 Å². The van der Waals surface area contributed by atoms with Crippen LogP contribution >= 0.6 is 7.82 Å². The van der Waals surface area contributed by atoms with Crippen molar-refractivity contribution in [3.8, 4) is 17.2 Å². The van der Waals surface area contributed by atoms with Gasteiger partial charge in [-0.2, -0.15) is 0 Å². The summed E-state index contributed by atoms with van der Waals surface area (Å²) in [7, 11) is -4.81. The van der Waals surface area contributed by atoms with Crippen LogP contribution in [-0.2, 0) is 36.2 Å². The van der Waals surface area contributed by atoms with Gasteiger partial charge in [0.25, 0.3) is 5.56 Å². The Kier molecular flexibility index (Phi) is 15.5. The van der Waals surface area contributed by atoms with Gasteiger partial charge >= 0.3 is 19.5 Å². The molecule has 3 aromatic carbocycles. The third-order valence-corrected chi connectivity index (χ3v) is 13.4. The highest BCUT2D eigenvalue weighted by Crippen LogP contribution is 2.43. The van der Waals surface area contributed by atoms with E-state index in [-0.39, 0.29) is 49.6 Å². The Balaban J connectivity index is 0.923. The number of carbonyl (C=O) groups excluding carboxylic acids is 1. The van der Waals surface area contributed by atoms with Crippen LogP contribution in [0.5, 0.6) is 17.2 Å². The number of aromatic carboxylic acids is 1. The highest BCUT2D eigenvalue weighted by Gasteiger charge is 2.39. The summed E-state index contributed by atoms with van der Waals surface area (Å²) < 4.78 is 44.0. The molecule has 1 fully saturated rings. The first-order valence-electron chi connectivity index (χ1n) is 23.5. The highest BCUT2D eigenvalue weighted by molar-refractivity contribution is 7.46. The van der Waals surface area contributed by atoms with Gasteiger partial charge in [-0.25, -0.2) is 18.7 Å². The van der Waals surface area contributed by atoms with Gasteiger partial charge in [0.2, 0.25) is 11.3 Å². The minimum absolute atomic E-state index is 0.0675. The van der Waals surface area contributed by atoms with E-state index in [2.05, 4.69) is 69.0 Å². The number of carboxylic acids is 1. The summed E-state index contributed by atoms with van der Waals surface area (Å²) in [4.78, 5) is 74.4. The molecule has 0 bridgehead atoms. The molecule has 5 heterocycles. The van der Waals surface area contributed by atoms with Crippen LogP contribution in [0.2, 0.25) is 0 Å². The summed E-state index contributed by atoms with van der Waals surface area (Å²) in [6.45, 7) is 11.6. The molecule has 0 radical (unpaired) electrons. The molecule has 18 nitrogen and oxygen atoms in total. The van der Waals surface area contributed by atoms with Crippen LogP contribution < -0.4 is 46.1 Å². The first-order chi connectivity index (χ1) is 33.2. The van der Waals surface area contributed by atoms with Gasteiger partial charge in [-0.15, -0.1) is 6.58 Å². The lowest BCUT2D eigenvalue weighted by Crippen LogP contribution is -2.39. The van der Waals surface area contributed by atoms with Crippen molar-refractivity contribution in [2.45, 2.75) is 83.6 Å². The van der Waals surface area contributed by atoms with Gasteiger partial charge < -0.3 is 44.1 Å². The number of rotatable bonds is 20. The molecule has 1 aromatic heterocycles. The number of ether oxygens (including phenoxy) is 4. The van der Waals surface area contributed by atoms with E-state index in [0.29, 0.717) is 35.7 Å². The van der Waals surface area contributed by atoms with Gasteiger partial charge in [0, 0.05) is 78.8 Å². The number of amides is 1. The highest BCUT2D eigenvalue weighted by atomic mass is 31.2. The Hall–Kier alpha value is -6.14. The van der Waals surface area contributed by atoms with Crippen molar-refractivity contribution in [2.24, 2.45) is 0 Å². The van der Waals surface area contributed by atoms with Crippen molar-refractivity contribution in [1.82, 2.24) is 19.4 Å². The van der Waals surface area contributed by atoms with Gasteiger partial charge in [0.15, 0.2) is 0 Å². The Labute approximate surface area is 398 Å². The third-order valence-electron chi connectivity index (χ3n) is 12.9. The summed E-state index contributed by atoms with van der Waals surface area (Å²) in [5, 5.41) is 15.5. The summed E-state index contributed by atoms with van der Waals surface area (Å²) in [6.07, 6.45) is 8.39. The predicted octanol–water partition coefficient (Wildman–Crippen LogP) is 4.16. The lowest BCUT2D eigenvalue weighted by atomic mass is 9.86. The topological polar surface area (TPSA) is 231 Å². The van der Waals surface area contributed by atoms with Crippen molar-refractivity contribution < 1.29 is 52.5 Å². The SMILES string of the molecule is C=CCCO[C@@H]1C[C@H](n2cc(/C=C/CNC(=O)CCCOc3ccc(C4=c5cc6c(cc5Oc5cc7c(cc54)CCCN7CC)=[N+](CC)CCC6)c(C(=O)O)c3)c(=O)[nH]c2=O)O[C@@H]1COP(=O)(O)O. The van der Waals surface area contributed by atoms with Crippen LogP contribution in [0.4, 0.5) is 5.69 Å². The number of H-pyrrole nitrogens is 1. The van der Waals surface area contributed by atoms with E-state index in [1.54, 1.807) is 24.3 Å². The summed E-state index contributed by atoms with van der Waals surface area (Å²) in [5.74, 6) is 0.370. The molecule has 5 N–H and O–H groups in total. The zero-order chi connectivity index (χ0) is 48.8. The van der Waals surface area contributed by atoms with E-state index in [4.69, 9.17) is 18.9 Å². The van der Waals surface area contributed by atoms with E-state index in [9.17, 15) is 38.6 Å². The maximum Gasteiger partial charge on any atom is 0.469 e. The first kappa shape index (κ1) is 49.3. The quantitative estimate of drug-likeness (QED) is 0.0319. The van der Waals surface area contributed by atoms with Gasteiger partial charge in [0.1, 0.15) is 42.7 Å². The average molecular weight is 969 g/mol. The van der Waals surface area contributed by atoms with Crippen LogP contribution in [0, 0.1) is 0 Å². The lowest BCUT2D eigenvalue weighted by molar-refractivity contribution is -0.121. The molecule has 0 spiro atoms. The van der Waals surface area contributed by atoms with E-state index in [1.807, 2.05) is 0 Å². The normalized spacial score (nSPS) is 18.6. The number of hydrogen-bond acceptors (Lipinski definition) is 11. The zero-order valence-corrected chi connectivity index (χ0v) is 39.7. The fourth-order valence-electron chi connectivity index (χ4n) is 9.53. The fourth-order valence-corrected chi connectivity index (χ4v) is 9.87. The van der Waals surface area contributed by atoms with Crippen molar-refractivity contribution in [3.63, 3.8) is 0 Å². The number of phosphoric ester groups is 1. The van der Waals surface area contributed by atoms with E-state index < -0.39 is 50.1 Å². The molecule has 366 valence electrons. The number of nitrogens with one attached hydrogen (secondary N) is 2. The summed E-state index contributed by atoms with van der Waals surface area (Å²) in [5.41, 5.74) is 4.55. The number of aryl methyl sites for hydroxylation is 2. The lowest BCUT2D eigenvalue weighted by Gasteiger charge is -2.32. The number of carboxylic acid groups (broad SMARTS) is 1. The largest absolute Gasteiger partial charge is 0.494 e. The standard InChI is InChI=1S/C50H58N5O13P/c1-4-7-21-65-43-28-46(68-44(43)30-66-69(61,62)63)55-29-33(48(57)52-50(55)60)12-8-18-51-45(56)15-11-22-64-34-16-17-35(36(25-34)49(58)59)47-37-23-31-13-9-19-53(5-2)39(31)26-41(37)67-42-27-40-32(24-38(42)47)14-10-20-54(40)6-3/h4,8,12,16-17,23-27,29,43-44,46H,1,5-7,9-11,13-15,18-22,28,30H2,2-3H3,(H4-,51,52,56,57,58,59,60,61,62,63)/p+1/b12-8+/t43-,44-,46-/m1/s1. The van der Waals surface area contributed by atoms with Crippen LogP contribution in [-0.4, -0.2) is 101 Å². The number of fused-ring (bicyclic) bond motifs is 4. The number of hydrogen-bond donors (Lipinski definition) is 5. The van der Waals surface area contributed by atoms with E-state index in [1.165, 1.54) is 29.5 Å². The molecule has 1 amide bonds. The maximum absolute atomic E-state index is 13.1. The molecule has 0 saturated carbocycles. The number of aromatic nitrogens is 2. The molecule has 0 aliphatic carbocycles. The fraction of sp³-hybridized carbons (Fsp3) is 0.420. The second kappa shape index (κ2) is 21.7. The minimum atomic E-state index is -4.81. The number of aromatic amines is 1. The van der Waals surface area contributed by atoms with E-state index >= 15 is 0 Å². The molecule has 1 saturated heterocycles. The maximum atomic E-state index is 13.1. The monoisotopic (exact) mass is 968 g/mol. The molecule has 19 heteroatoms. The third kappa shape index (κ3) is 11.3. The molecule has 8 rings (SSSR count). The molecular weight excluding hydrogens is 910 g/mol. The molecule has 3 atom stereocenters. The second-order valence-corrected chi connectivity index (χ2v) is 18.6. The molecule has 0 unspecified atom stereocenters. The predicted molar refractivity (Wildman–Crippen MR) is 258 cm³/mol. The van der Waals surface area contributed by atoms with Gasteiger partial charge in [-0.3, -0.25) is 23.7 Å². The van der Waals surface area contributed by atoms with Crippen molar-refractivity contribution >= 4 is 37.0 Å². The molecule has 4 aromatic rings. The van der Waals surface area contributed by atoms with Crippen LogP contribution in [0.3, 0.4) is 0 Å². The Morgan fingerprint density at radius 3 is 2.64 bits per heavy atom. The molecular formula is C50H59N5O13P+. The van der Waals surface area contributed by atoms with Crippen LogP contribution in [0.25, 0.3) is 11.6 Å². The summed E-state index contributed by atoms with van der Waals surface area (Å²) in [6, 6.07) is 13.7. The molecule has 4 aliphatic heterocycles. The van der Waals surface area contributed by atoms with Crippen LogP contribution in [0.1, 0.15) is 96.8 Å². The van der Waals surface area contributed by atoms with Crippen molar-refractivity contribution in [1.29, 1.82) is 0 Å². The Morgan fingerprint density at radius 1 is 1.04 bits per heavy atom. The van der Waals surface area contributed by atoms with Gasteiger partial charge in [0.05, 0.1) is 43.1 Å². The smallest absolute Gasteiger partial charge is 0.469 e. The molecule has 4 aliphatic rings. The number of benzene rings is 3. The summed E-state index contributed by atoms with van der Waals surface area (Å²) >= 11 is 0. The number of phosphoric acid groups is 1. The second-order valence-electron chi connectivity index (χ2n) is 17.4.